The van der Waals surface area contributed by atoms with Crippen LogP contribution in [0, 0.1) is 0 Å². The highest BCUT2D eigenvalue weighted by atomic mass is 127. The van der Waals surface area contributed by atoms with Crippen LogP contribution >= 0.6 is 24.0 Å². The van der Waals surface area contributed by atoms with Crippen LogP contribution in [-0.2, 0) is 10.0 Å². The number of guanidine groups is 1. The number of hydrogen-bond donors (Lipinski definition) is 2. The predicted molar refractivity (Wildman–Crippen MR) is 104 cm³/mol. The quantitative estimate of drug-likeness (QED) is 0.403. The van der Waals surface area contributed by atoms with Crippen LogP contribution in [0.15, 0.2) is 29.3 Å². The van der Waals surface area contributed by atoms with Crippen molar-refractivity contribution in [3.05, 3.63) is 29.8 Å². The van der Waals surface area contributed by atoms with Crippen molar-refractivity contribution in [1.82, 2.24) is 4.31 Å². The SMILES string of the molecule is CC(C)c1cccc(NC(N)=NCCS(=O)(=O)N(C)C)c1.I. The highest BCUT2D eigenvalue weighted by Crippen LogP contribution is 2.18. The number of rotatable bonds is 6. The van der Waals surface area contributed by atoms with Gasteiger partial charge in [0, 0.05) is 19.8 Å². The van der Waals surface area contributed by atoms with E-state index in [0.717, 1.165) is 5.69 Å². The Morgan fingerprint density at radius 1 is 1.36 bits per heavy atom. The second-order valence-electron chi connectivity index (χ2n) is 5.27. The maximum atomic E-state index is 11.6. The van der Waals surface area contributed by atoms with Crippen LogP contribution in [0.3, 0.4) is 0 Å². The lowest BCUT2D eigenvalue weighted by atomic mass is 10.0. The van der Waals surface area contributed by atoms with Crippen LogP contribution in [0.1, 0.15) is 25.3 Å². The van der Waals surface area contributed by atoms with Gasteiger partial charge in [-0.3, -0.25) is 4.99 Å². The molecule has 1 aromatic carbocycles. The molecule has 8 heteroatoms. The molecule has 0 amide bonds. The third-order valence-corrected chi connectivity index (χ3v) is 4.82. The molecule has 0 fully saturated rings. The molecular weight excluding hydrogens is 415 g/mol. The molecule has 1 aromatic rings. The molecule has 22 heavy (non-hydrogen) atoms. The number of hydrogen-bond acceptors (Lipinski definition) is 3. The highest BCUT2D eigenvalue weighted by Gasteiger charge is 2.12. The van der Waals surface area contributed by atoms with Crippen molar-refractivity contribution >= 4 is 45.6 Å². The van der Waals surface area contributed by atoms with Gasteiger partial charge in [-0.1, -0.05) is 26.0 Å². The summed E-state index contributed by atoms with van der Waals surface area (Å²) in [6.07, 6.45) is 0. The van der Waals surface area contributed by atoms with Gasteiger partial charge in [0.05, 0.1) is 12.3 Å². The van der Waals surface area contributed by atoms with E-state index in [0.29, 0.717) is 5.92 Å². The van der Waals surface area contributed by atoms with Crippen LogP contribution in [0.5, 0.6) is 0 Å². The van der Waals surface area contributed by atoms with Gasteiger partial charge in [0.2, 0.25) is 10.0 Å². The van der Waals surface area contributed by atoms with Crippen molar-refractivity contribution in [2.24, 2.45) is 10.7 Å². The molecule has 0 saturated carbocycles. The largest absolute Gasteiger partial charge is 0.370 e. The fourth-order valence-corrected chi connectivity index (χ4v) is 2.31. The minimum Gasteiger partial charge on any atom is -0.370 e. The first-order valence-electron chi connectivity index (χ1n) is 6.79. The van der Waals surface area contributed by atoms with E-state index in [4.69, 9.17) is 5.73 Å². The summed E-state index contributed by atoms with van der Waals surface area (Å²) in [5, 5.41) is 2.97. The normalized spacial score (nSPS) is 12.4. The van der Waals surface area contributed by atoms with Crippen LogP contribution in [0.4, 0.5) is 5.69 Å². The number of nitrogens with zero attached hydrogens (tertiary/aromatic N) is 2. The number of aliphatic imine (C=N–C) groups is 1. The zero-order valence-electron chi connectivity index (χ0n) is 13.4. The van der Waals surface area contributed by atoms with Crippen molar-refractivity contribution in [2.45, 2.75) is 19.8 Å². The van der Waals surface area contributed by atoms with Crippen LogP contribution in [-0.4, -0.2) is 45.1 Å². The van der Waals surface area contributed by atoms with Gasteiger partial charge < -0.3 is 11.1 Å². The minimum atomic E-state index is -3.24. The third-order valence-electron chi connectivity index (χ3n) is 3.01. The van der Waals surface area contributed by atoms with Gasteiger partial charge in [-0.05, 0) is 23.6 Å². The van der Waals surface area contributed by atoms with Gasteiger partial charge in [-0.25, -0.2) is 12.7 Å². The summed E-state index contributed by atoms with van der Waals surface area (Å²) in [6, 6.07) is 7.89. The van der Waals surface area contributed by atoms with Crippen molar-refractivity contribution in [1.29, 1.82) is 0 Å². The van der Waals surface area contributed by atoms with Crippen molar-refractivity contribution < 1.29 is 8.42 Å². The van der Waals surface area contributed by atoms with Gasteiger partial charge in [0.1, 0.15) is 0 Å². The zero-order chi connectivity index (χ0) is 16.0. The third kappa shape index (κ3) is 6.93. The standard InChI is InChI=1S/C14H24N4O2S.HI/c1-11(2)12-6-5-7-13(10-12)17-14(15)16-8-9-21(19,20)18(3)4;/h5-7,10-11H,8-9H2,1-4H3,(H3,15,16,17);1H. The molecule has 0 aliphatic carbocycles. The summed E-state index contributed by atoms with van der Waals surface area (Å²) >= 11 is 0. The molecule has 0 aliphatic heterocycles. The summed E-state index contributed by atoms with van der Waals surface area (Å²) in [6.45, 7) is 4.36. The molecule has 0 atom stereocenters. The molecule has 6 nitrogen and oxygen atoms in total. The second-order valence-corrected chi connectivity index (χ2v) is 7.57. The molecule has 0 saturated heterocycles. The molecule has 0 heterocycles. The first kappa shape index (κ1) is 21.1. The Bertz CT molecular complexity index is 601. The topological polar surface area (TPSA) is 87.8 Å². The molecule has 0 aromatic heterocycles. The number of anilines is 1. The number of benzene rings is 1. The lowest BCUT2D eigenvalue weighted by Crippen LogP contribution is -2.28. The Hall–Kier alpha value is -0.870. The molecule has 0 radical (unpaired) electrons. The van der Waals surface area contributed by atoms with Gasteiger partial charge in [-0.15, -0.1) is 24.0 Å². The zero-order valence-corrected chi connectivity index (χ0v) is 16.6. The van der Waals surface area contributed by atoms with Crippen molar-refractivity contribution in [3.8, 4) is 0 Å². The molecular formula is C14H25IN4O2S. The molecule has 0 aliphatic rings. The smallest absolute Gasteiger partial charge is 0.215 e. The average Bonchev–Trinajstić information content (AvgIpc) is 2.38. The fraction of sp³-hybridized carbons (Fsp3) is 0.500. The van der Waals surface area contributed by atoms with Crippen LogP contribution < -0.4 is 11.1 Å². The summed E-state index contributed by atoms with van der Waals surface area (Å²) in [5.41, 5.74) is 7.81. The van der Waals surface area contributed by atoms with Crippen molar-refractivity contribution in [3.63, 3.8) is 0 Å². The first-order valence-corrected chi connectivity index (χ1v) is 8.40. The maximum absolute atomic E-state index is 11.6. The Kier molecular flexibility index (Phi) is 8.94. The van der Waals surface area contributed by atoms with Crippen LogP contribution in [0.25, 0.3) is 0 Å². The maximum Gasteiger partial charge on any atom is 0.215 e. The van der Waals surface area contributed by atoms with Gasteiger partial charge in [-0.2, -0.15) is 0 Å². The second kappa shape index (κ2) is 9.31. The lowest BCUT2D eigenvalue weighted by molar-refractivity contribution is 0.521. The summed E-state index contributed by atoms with van der Waals surface area (Å²) < 4.78 is 24.3. The summed E-state index contributed by atoms with van der Waals surface area (Å²) in [5.74, 6) is 0.578. The number of sulfonamides is 1. The lowest BCUT2D eigenvalue weighted by Gasteiger charge is -2.11. The van der Waals surface area contributed by atoms with Gasteiger partial charge in [0.15, 0.2) is 5.96 Å². The Morgan fingerprint density at radius 3 is 2.55 bits per heavy atom. The molecule has 0 spiro atoms. The average molecular weight is 440 g/mol. The van der Waals surface area contributed by atoms with Crippen LogP contribution in [0.2, 0.25) is 0 Å². The molecule has 3 N–H and O–H groups in total. The van der Waals surface area contributed by atoms with E-state index in [2.05, 4.69) is 24.2 Å². The van der Waals surface area contributed by atoms with E-state index in [-0.39, 0.29) is 42.2 Å². The van der Waals surface area contributed by atoms with Gasteiger partial charge in [0.25, 0.3) is 0 Å². The van der Waals surface area contributed by atoms with Gasteiger partial charge >= 0.3 is 0 Å². The van der Waals surface area contributed by atoms with E-state index >= 15 is 0 Å². The molecule has 126 valence electrons. The van der Waals surface area contributed by atoms with E-state index in [9.17, 15) is 8.42 Å². The number of nitrogens with one attached hydrogen (secondary N) is 1. The van der Waals surface area contributed by atoms with Crippen molar-refractivity contribution in [2.75, 3.05) is 31.7 Å². The first-order chi connectivity index (χ1) is 9.72. The Balaban J connectivity index is 0.00000441. The molecule has 0 bridgehead atoms. The monoisotopic (exact) mass is 440 g/mol. The van der Waals surface area contributed by atoms with E-state index in [1.165, 1.54) is 24.0 Å². The number of halogens is 1. The highest BCUT2D eigenvalue weighted by molar-refractivity contribution is 14.0. The Morgan fingerprint density at radius 2 is 2.00 bits per heavy atom. The predicted octanol–water partition coefficient (Wildman–Crippen LogP) is 2.05. The summed E-state index contributed by atoms with van der Waals surface area (Å²) in [4.78, 5) is 4.04. The number of nitrogens with two attached hydrogens (primary N) is 1. The summed E-state index contributed by atoms with van der Waals surface area (Å²) in [7, 11) is -0.246. The minimum absolute atomic E-state index is 0. The fourth-order valence-electron chi connectivity index (χ4n) is 1.63. The Labute approximate surface area is 150 Å². The van der Waals surface area contributed by atoms with E-state index in [1.807, 2.05) is 24.3 Å². The van der Waals surface area contributed by atoms with E-state index in [1.54, 1.807) is 0 Å². The van der Waals surface area contributed by atoms with E-state index < -0.39 is 10.0 Å². The molecule has 0 unspecified atom stereocenters. The molecule has 1 rings (SSSR count).